The van der Waals surface area contributed by atoms with Crippen LogP contribution in [0.15, 0.2) is 18.3 Å². The van der Waals surface area contributed by atoms with Crippen LogP contribution in [-0.4, -0.2) is 4.98 Å². The lowest BCUT2D eigenvalue weighted by Gasteiger charge is -2.21. The molecule has 2 nitrogen and oxygen atoms in total. The first kappa shape index (κ1) is 8.25. The minimum absolute atomic E-state index is 0.433. The molecule has 1 aliphatic rings. The van der Waals surface area contributed by atoms with Gasteiger partial charge >= 0.3 is 0 Å². The Hall–Kier alpha value is -1.36. The second-order valence-corrected chi connectivity index (χ2v) is 3.49. The molecule has 0 bridgehead atoms. The van der Waals surface area contributed by atoms with Gasteiger partial charge in [0.2, 0.25) is 0 Å². The second kappa shape index (κ2) is 3.57. The predicted octanol–water partition coefficient (Wildman–Crippen LogP) is 2.42. The van der Waals surface area contributed by atoms with E-state index in [1.54, 1.807) is 0 Å². The number of hydrogen-bond donors (Lipinski definition) is 0. The summed E-state index contributed by atoms with van der Waals surface area (Å²) in [4.78, 5) is 4.34. The van der Waals surface area contributed by atoms with Gasteiger partial charge in [-0.25, -0.2) is 0 Å². The van der Waals surface area contributed by atoms with Crippen molar-refractivity contribution >= 4 is 0 Å². The number of nitriles is 1. The highest BCUT2D eigenvalue weighted by atomic mass is 14.7. The molecule has 2 heteroatoms. The Bertz CT molecular complexity index is 338. The maximum atomic E-state index is 8.67. The molecular formula is C11H12N2. The average Bonchev–Trinajstić information content (AvgIpc) is 2.19. The highest BCUT2D eigenvalue weighted by Crippen LogP contribution is 2.32. The minimum Gasteiger partial charge on any atom is -0.261 e. The Morgan fingerprint density at radius 1 is 1.62 bits per heavy atom. The van der Waals surface area contributed by atoms with E-state index in [9.17, 15) is 0 Å². The quantitative estimate of drug-likeness (QED) is 0.652. The number of fused-ring (bicyclic) bond motifs is 1. The summed E-state index contributed by atoms with van der Waals surface area (Å²) in [6.07, 6.45) is 5.88. The van der Waals surface area contributed by atoms with E-state index in [1.807, 2.05) is 12.3 Å². The van der Waals surface area contributed by atoms with Gasteiger partial charge < -0.3 is 0 Å². The molecule has 0 radical (unpaired) electrons. The van der Waals surface area contributed by atoms with Crippen molar-refractivity contribution in [2.45, 2.75) is 31.6 Å². The first-order valence-electron chi connectivity index (χ1n) is 4.72. The van der Waals surface area contributed by atoms with Crippen LogP contribution in [-0.2, 0) is 6.42 Å². The first-order valence-corrected chi connectivity index (χ1v) is 4.72. The van der Waals surface area contributed by atoms with E-state index >= 15 is 0 Å². The molecule has 1 atom stereocenters. The molecule has 0 fully saturated rings. The molecule has 0 saturated carbocycles. The van der Waals surface area contributed by atoms with Gasteiger partial charge in [0, 0.05) is 18.3 Å². The van der Waals surface area contributed by atoms with E-state index in [-0.39, 0.29) is 0 Å². The SMILES string of the molecule is N#CCC1CCCc2ncccc21. The molecule has 0 saturated heterocycles. The predicted molar refractivity (Wildman–Crippen MR) is 50.1 cm³/mol. The van der Waals surface area contributed by atoms with Crippen LogP contribution in [0.5, 0.6) is 0 Å². The van der Waals surface area contributed by atoms with Gasteiger partial charge in [-0.1, -0.05) is 6.07 Å². The van der Waals surface area contributed by atoms with Crippen LogP contribution in [0.3, 0.4) is 0 Å². The third-order valence-corrected chi connectivity index (χ3v) is 2.67. The van der Waals surface area contributed by atoms with Gasteiger partial charge in [0.1, 0.15) is 0 Å². The summed E-state index contributed by atoms with van der Waals surface area (Å²) in [5.41, 5.74) is 2.50. The van der Waals surface area contributed by atoms with Gasteiger partial charge in [-0.3, -0.25) is 4.98 Å². The molecule has 2 rings (SSSR count). The van der Waals surface area contributed by atoms with Crippen molar-refractivity contribution in [1.29, 1.82) is 5.26 Å². The van der Waals surface area contributed by atoms with Crippen molar-refractivity contribution in [3.8, 4) is 6.07 Å². The maximum absolute atomic E-state index is 8.67. The fourth-order valence-corrected chi connectivity index (χ4v) is 2.02. The molecular weight excluding hydrogens is 160 g/mol. The van der Waals surface area contributed by atoms with Gasteiger partial charge in [0.15, 0.2) is 0 Å². The van der Waals surface area contributed by atoms with Crippen molar-refractivity contribution in [3.63, 3.8) is 0 Å². The van der Waals surface area contributed by atoms with E-state index in [2.05, 4.69) is 17.1 Å². The van der Waals surface area contributed by atoms with Crippen molar-refractivity contribution in [3.05, 3.63) is 29.6 Å². The minimum atomic E-state index is 0.433. The zero-order valence-corrected chi connectivity index (χ0v) is 7.53. The van der Waals surface area contributed by atoms with Gasteiger partial charge in [-0.15, -0.1) is 0 Å². The molecule has 0 amide bonds. The molecule has 13 heavy (non-hydrogen) atoms. The largest absolute Gasteiger partial charge is 0.261 e. The molecule has 1 heterocycles. The van der Waals surface area contributed by atoms with Crippen LogP contribution in [0.2, 0.25) is 0 Å². The topological polar surface area (TPSA) is 36.7 Å². The Labute approximate surface area is 78.2 Å². The molecule has 1 aliphatic carbocycles. The number of rotatable bonds is 1. The molecule has 1 aromatic heterocycles. The van der Waals surface area contributed by atoms with Crippen LogP contribution in [0.1, 0.15) is 36.4 Å². The van der Waals surface area contributed by atoms with Gasteiger partial charge in [0.05, 0.1) is 6.07 Å². The van der Waals surface area contributed by atoms with Crippen molar-refractivity contribution in [2.24, 2.45) is 0 Å². The lowest BCUT2D eigenvalue weighted by molar-refractivity contribution is 0.552. The monoisotopic (exact) mass is 172 g/mol. The number of aromatic nitrogens is 1. The molecule has 0 spiro atoms. The van der Waals surface area contributed by atoms with Crippen LogP contribution in [0.25, 0.3) is 0 Å². The van der Waals surface area contributed by atoms with Crippen molar-refractivity contribution in [1.82, 2.24) is 4.98 Å². The Balaban J connectivity index is 2.32. The number of hydrogen-bond acceptors (Lipinski definition) is 2. The van der Waals surface area contributed by atoms with Crippen molar-refractivity contribution < 1.29 is 0 Å². The molecule has 1 aromatic rings. The molecule has 0 aliphatic heterocycles. The fourth-order valence-electron chi connectivity index (χ4n) is 2.02. The summed E-state index contributed by atoms with van der Waals surface area (Å²) in [7, 11) is 0. The summed E-state index contributed by atoms with van der Waals surface area (Å²) in [6, 6.07) is 6.33. The lowest BCUT2D eigenvalue weighted by atomic mass is 9.84. The number of pyridine rings is 1. The van der Waals surface area contributed by atoms with Gasteiger partial charge in [0.25, 0.3) is 0 Å². The number of aryl methyl sites for hydroxylation is 1. The Morgan fingerprint density at radius 2 is 2.54 bits per heavy atom. The van der Waals surface area contributed by atoms with Crippen LogP contribution >= 0.6 is 0 Å². The van der Waals surface area contributed by atoms with E-state index < -0.39 is 0 Å². The second-order valence-electron chi connectivity index (χ2n) is 3.49. The average molecular weight is 172 g/mol. The van der Waals surface area contributed by atoms with Crippen LogP contribution in [0, 0.1) is 11.3 Å². The van der Waals surface area contributed by atoms with Crippen LogP contribution < -0.4 is 0 Å². The van der Waals surface area contributed by atoms with Crippen molar-refractivity contribution in [2.75, 3.05) is 0 Å². The third kappa shape index (κ3) is 1.55. The standard InChI is InChI=1S/C11H12N2/c12-7-6-9-3-1-5-11-10(9)4-2-8-13-11/h2,4,8-9H,1,3,5-6H2. The summed E-state index contributed by atoms with van der Waals surface area (Å²) in [5.74, 6) is 0.433. The lowest BCUT2D eigenvalue weighted by Crippen LogP contribution is -2.10. The summed E-state index contributed by atoms with van der Waals surface area (Å²) in [6.45, 7) is 0. The zero-order valence-electron chi connectivity index (χ0n) is 7.53. The fraction of sp³-hybridized carbons (Fsp3) is 0.455. The third-order valence-electron chi connectivity index (χ3n) is 2.67. The van der Waals surface area contributed by atoms with Gasteiger partial charge in [-0.2, -0.15) is 5.26 Å². The van der Waals surface area contributed by atoms with E-state index in [1.165, 1.54) is 17.7 Å². The highest BCUT2D eigenvalue weighted by Gasteiger charge is 2.19. The smallest absolute Gasteiger partial charge is 0.0628 e. The highest BCUT2D eigenvalue weighted by molar-refractivity contribution is 5.27. The van der Waals surface area contributed by atoms with Crippen LogP contribution in [0.4, 0.5) is 0 Å². The zero-order chi connectivity index (χ0) is 9.10. The Morgan fingerprint density at radius 3 is 3.38 bits per heavy atom. The van der Waals surface area contributed by atoms with E-state index in [0.29, 0.717) is 12.3 Å². The summed E-state index contributed by atoms with van der Waals surface area (Å²) >= 11 is 0. The molecule has 0 aromatic carbocycles. The normalized spacial score (nSPS) is 20.4. The van der Waals surface area contributed by atoms with E-state index in [4.69, 9.17) is 5.26 Å². The maximum Gasteiger partial charge on any atom is 0.0628 e. The molecule has 0 N–H and O–H groups in total. The molecule has 66 valence electrons. The summed E-state index contributed by atoms with van der Waals surface area (Å²) in [5, 5.41) is 8.67. The van der Waals surface area contributed by atoms with Gasteiger partial charge in [-0.05, 0) is 36.8 Å². The molecule has 1 unspecified atom stereocenters. The van der Waals surface area contributed by atoms with E-state index in [0.717, 1.165) is 12.8 Å². The first-order chi connectivity index (χ1) is 6.42. The summed E-state index contributed by atoms with van der Waals surface area (Å²) < 4.78 is 0. The number of nitrogens with zero attached hydrogens (tertiary/aromatic N) is 2. The Kier molecular flexibility index (Phi) is 2.27.